The predicted octanol–water partition coefficient (Wildman–Crippen LogP) is -0.277. The quantitative estimate of drug-likeness (QED) is 0.450. The maximum absolute atomic E-state index is 10.9. The van der Waals surface area contributed by atoms with Crippen molar-refractivity contribution in [3.63, 3.8) is 0 Å². The maximum Gasteiger partial charge on any atom is 0.222 e. The van der Waals surface area contributed by atoms with Crippen molar-refractivity contribution in [3.8, 4) is 0 Å². The van der Waals surface area contributed by atoms with Gasteiger partial charge < -0.3 is 15.2 Å². The van der Waals surface area contributed by atoms with Gasteiger partial charge in [0, 0.05) is 12.2 Å². The molecule has 1 amide bonds. The highest BCUT2D eigenvalue weighted by molar-refractivity contribution is 7.17. The highest BCUT2D eigenvalue weighted by atomic mass is 31.0. The Kier molecular flexibility index (Phi) is 7.36. The summed E-state index contributed by atoms with van der Waals surface area (Å²) in [7, 11) is 2.48. The van der Waals surface area contributed by atoms with Crippen LogP contribution >= 0.6 is 9.24 Å². The highest BCUT2D eigenvalue weighted by Gasteiger charge is 2.01. The molecule has 2 atom stereocenters. The summed E-state index contributed by atoms with van der Waals surface area (Å²) in [4.78, 5) is 10.9. The van der Waals surface area contributed by atoms with Crippen LogP contribution < -0.4 is 5.32 Å². The molecular formula is C7H16NO3P. The summed E-state index contributed by atoms with van der Waals surface area (Å²) < 4.78 is 4.92. The van der Waals surface area contributed by atoms with E-state index in [0.29, 0.717) is 19.6 Å². The van der Waals surface area contributed by atoms with Gasteiger partial charge in [-0.2, -0.15) is 0 Å². The average molecular weight is 193 g/mol. The molecule has 0 aromatic carbocycles. The third-order valence-corrected chi connectivity index (χ3v) is 1.26. The van der Waals surface area contributed by atoms with Crippen LogP contribution in [0.4, 0.5) is 0 Å². The van der Waals surface area contributed by atoms with E-state index in [1.807, 2.05) is 6.92 Å². The summed E-state index contributed by atoms with van der Waals surface area (Å²) in [6.07, 6.45) is 0.346. The maximum atomic E-state index is 10.9. The van der Waals surface area contributed by atoms with Crippen LogP contribution in [0.3, 0.4) is 0 Å². The summed E-state index contributed by atoms with van der Waals surface area (Å²) in [5.74, 6) is 0.0609. The first-order valence-electron chi connectivity index (χ1n) is 3.90. The Labute approximate surface area is 74.9 Å². The number of aliphatic hydroxyl groups excluding tert-OH is 1. The summed E-state index contributed by atoms with van der Waals surface area (Å²) in [5, 5.41) is 11.0. The topological polar surface area (TPSA) is 58.6 Å². The Morgan fingerprint density at radius 2 is 2.33 bits per heavy atom. The van der Waals surface area contributed by atoms with E-state index in [9.17, 15) is 4.79 Å². The largest absolute Gasteiger partial charge is 0.394 e. The molecule has 0 bridgehead atoms. The second-order valence-electron chi connectivity index (χ2n) is 2.44. The third kappa shape index (κ3) is 7.92. The van der Waals surface area contributed by atoms with Crippen molar-refractivity contribution >= 4 is 15.1 Å². The van der Waals surface area contributed by atoms with Gasteiger partial charge in [-0.3, -0.25) is 4.79 Å². The second kappa shape index (κ2) is 7.47. The van der Waals surface area contributed by atoms with Crippen molar-refractivity contribution < 1.29 is 14.6 Å². The lowest BCUT2D eigenvalue weighted by Crippen LogP contribution is -2.28. The Hall–Kier alpha value is -0.180. The summed E-state index contributed by atoms with van der Waals surface area (Å²) in [5.41, 5.74) is 0. The molecule has 0 aliphatic heterocycles. The molecule has 0 aromatic heterocycles. The van der Waals surface area contributed by atoms with Gasteiger partial charge in [0.2, 0.25) is 5.91 Å². The molecule has 2 unspecified atom stereocenters. The standard InChI is InChI=1S/C7H16NO3P/c1-6(12)8-7(10)2-4-11-5-3-9/h6,9H,2-5,12H2,1H3,(H,8,10). The molecule has 0 aromatic rings. The number of ether oxygens (including phenoxy) is 1. The van der Waals surface area contributed by atoms with E-state index < -0.39 is 0 Å². The smallest absolute Gasteiger partial charge is 0.222 e. The normalized spacial score (nSPS) is 12.6. The predicted molar refractivity (Wildman–Crippen MR) is 49.8 cm³/mol. The summed E-state index contributed by atoms with van der Waals surface area (Å²) in [6, 6.07) is 0. The van der Waals surface area contributed by atoms with E-state index in [1.54, 1.807) is 0 Å². The van der Waals surface area contributed by atoms with E-state index in [0.717, 1.165) is 0 Å². The zero-order valence-electron chi connectivity index (χ0n) is 7.25. The minimum absolute atomic E-state index is 0.00164. The number of hydrogen-bond donors (Lipinski definition) is 2. The Bertz CT molecular complexity index is 130. The van der Waals surface area contributed by atoms with Crippen LogP contribution in [0.2, 0.25) is 0 Å². The Balaban J connectivity index is 3.20. The molecule has 0 saturated carbocycles. The molecule has 12 heavy (non-hydrogen) atoms. The van der Waals surface area contributed by atoms with Crippen LogP contribution in [0, 0.1) is 0 Å². The van der Waals surface area contributed by atoms with Crippen LogP contribution in [0.1, 0.15) is 13.3 Å². The number of carbonyl (C=O) groups is 1. The molecular weight excluding hydrogens is 177 g/mol. The monoisotopic (exact) mass is 193 g/mol. The first-order valence-corrected chi connectivity index (χ1v) is 4.57. The molecule has 2 N–H and O–H groups in total. The SMILES string of the molecule is CC(P)NC(=O)CCOCCO. The minimum Gasteiger partial charge on any atom is -0.394 e. The van der Waals surface area contributed by atoms with Crippen molar-refractivity contribution in [1.82, 2.24) is 5.32 Å². The van der Waals surface area contributed by atoms with Gasteiger partial charge in [0.1, 0.15) is 0 Å². The number of hydrogen-bond acceptors (Lipinski definition) is 3. The van der Waals surface area contributed by atoms with Gasteiger partial charge in [-0.1, -0.05) is 0 Å². The van der Waals surface area contributed by atoms with Gasteiger partial charge in [0.05, 0.1) is 19.8 Å². The Morgan fingerprint density at radius 1 is 1.67 bits per heavy atom. The molecule has 0 fully saturated rings. The molecule has 5 heteroatoms. The van der Waals surface area contributed by atoms with E-state index in [2.05, 4.69) is 14.6 Å². The van der Waals surface area contributed by atoms with Gasteiger partial charge in [-0.25, -0.2) is 0 Å². The second-order valence-corrected chi connectivity index (χ2v) is 3.44. The molecule has 0 saturated heterocycles. The van der Waals surface area contributed by atoms with Crippen LogP contribution in [-0.2, 0) is 9.53 Å². The van der Waals surface area contributed by atoms with Crippen molar-refractivity contribution in [1.29, 1.82) is 0 Å². The van der Waals surface area contributed by atoms with Crippen LogP contribution in [-0.4, -0.2) is 36.6 Å². The summed E-state index contributed by atoms with van der Waals surface area (Å²) >= 11 is 0. The molecule has 72 valence electrons. The van der Waals surface area contributed by atoms with Gasteiger partial charge >= 0.3 is 0 Å². The Morgan fingerprint density at radius 3 is 2.83 bits per heavy atom. The fraction of sp³-hybridized carbons (Fsp3) is 0.857. The van der Waals surface area contributed by atoms with E-state index >= 15 is 0 Å². The van der Waals surface area contributed by atoms with Gasteiger partial charge in [0.15, 0.2) is 0 Å². The molecule has 0 radical (unpaired) electrons. The third-order valence-electron chi connectivity index (χ3n) is 1.10. The molecule has 0 heterocycles. The fourth-order valence-electron chi connectivity index (χ4n) is 0.658. The van der Waals surface area contributed by atoms with E-state index in [1.165, 1.54) is 0 Å². The van der Waals surface area contributed by atoms with Crippen molar-refractivity contribution in [2.24, 2.45) is 0 Å². The number of carbonyl (C=O) groups excluding carboxylic acids is 1. The molecule has 4 nitrogen and oxygen atoms in total. The lowest BCUT2D eigenvalue weighted by atomic mass is 10.4. The van der Waals surface area contributed by atoms with Gasteiger partial charge in [-0.05, 0) is 6.92 Å². The molecule has 0 spiro atoms. The van der Waals surface area contributed by atoms with E-state index in [4.69, 9.17) is 9.84 Å². The minimum atomic E-state index is -0.0320. The van der Waals surface area contributed by atoms with Crippen molar-refractivity contribution in [2.45, 2.75) is 19.1 Å². The van der Waals surface area contributed by atoms with Crippen LogP contribution in [0.5, 0.6) is 0 Å². The van der Waals surface area contributed by atoms with E-state index in [-0.39, 0.29) is 18.3 Å². The highest BCUT2D eigenvalue weighted by Crippen LogP contribution is 1.92. The zero-order chi connectivity index (χ0) is 9.40. The summed E-state index contributed by atoms with van der Waals surface area (Å²) in [6.45, 7) is 2.53. The zero-order valence-corrected chi connectivity index (χ0v) is 8.40. The lowest BCUT2D eigenvalue weighted by Gasteiger charge is -2.07. The number of aliphatic hydroxyl groups is 1. The van der Waals surface area contributed by atoms with Gasteiger partial charge in [0.25, 0.3) is 0 Å². The van der Waals surface area contributed by atoms with Crippen molar-refractivity contribution in [2.75, 3.05) is 19.8 Å². The van der Waals surface area contributed by atoms with Gasteiger partial charge in [-0.15, -0.1) is 9.24 Å². The number of nitrogens with one attached hydrogen (secondary N) is 1. The first kappa shape index (κ1) is 11.8. The lowest BCUT2D eigenvalue weighted by molar-refractivity contribution is -0.122. The van der Waals surface area contributed by atoms with Crippen LogP contribution in [0.25, 0.3) is 0 Å². The fourth-order valence-corrected chi connectivity index (χ4v) is 0.843. The molecule has 0 aliphatic rings. The first-order chi connectivity index (χ1) is 5.66. The van der Waals surface area contributed by atoms with Crippen LogP contribution in [0.15, 0.2) is 0 Å². The van der Waals surface area contributed by atoms with Crippen molar-refractivity contribution in [3.05, 3.63) is 0 Å². The number of amides is 1. The average Bonchev–Trinajstić information content (AvgIpc) is 1.97. The molecule has 0 rings (SSSR count). The number of rotatable bonds is 6. The molecule has 0 aliphatic carbocycles.